The van der Waals surface area contributed by atoms with Crippen molar-refractivity contribution in [3.63, 3.8) is 0 Å². The number of halogens is 1. The standard InChI is InChI=1S/C7H8BrNOS/c1-11(9,10)7-4-2-6(8)3-5-7/h2-5,9H,1H3/t11-/m0/s1. The Balaban J connectivity index is 3.20. The van der Waals surface area contributed by atoms with Crippen molar-refractivity contribution >= 4 is 25.7 Å². The SMILES string of the molecule is C[S@](=N)(=O)c1ccc(Br)cc1. The Morgan fingerprint density at radius 1 is 1.36 bits per heavy atom. The van der Waals surface area contributed by atoms with Crippen LogP contribution >= 0.6 is 15.9 Å². The summed E-state index contributed by atoms with van der Waals surface area (Å²) >= 11 is 3.26. The van der Waals surface area contributed by atoms with Gasteiger partial charge in [0.25, 0.3) is 0 Å². The van der Waals surface area contributed by atoms with Crippen LogP contribution in [0.4, 0.5) is 0 Å². The Morgan fingerprint density at radius 2 is 1.82 bits per heavy atom. The predicted octanol–water partition coefficient (Wildman–Crippen LogP) is 2.48. The van der Waals surface area contributed by atoms with Crippen molar-refractivity contribution in [2.45, 2.75) is 4.90 Å². The van der Waals surface area contributed by atoms with Crippen LogP contribution in [0, 0.1) is 4.78 Å². The summed E-state index contributed by atoms with van der Waals surface area (Å²) in [7, 11) is -2.54. The first-order chi connectivity index (χ1) is 5.00. The molecule has 4 heteroatoms. The molecule has 0 aliphatic rings. The number of hydrogen-bond acceptors (Lipinski definition) is 2. The van der Waals surface area contributed by atoms with E-state index in [2.05, 4.69) is 15.9 Å². The summed E-state index contributed by atoms with van der Waals surface area (Å²) < 4.78 is 19.3. The van der Waals surface area contributed by atoms with E-state index in [4.69, 9.17) is 4.78 Å². The van der Waals surface area contributed by atoms with Gasteiger partial charge in [-0.2, -0.15) is 0 Å². The maximum absolute atomic E-state index is 11.2. The number of hydrogen-bond donors (Lipinski definition) is 1. The molecule has 0 amide bonds. The smallest absolute Gasteiger partial charge is 0.0696 e. The molecule has 0 bridgehead atoms. The Labute approximate surface area is 74.7 Å². The molecule has 1 rings (SSSR count). The van der Waals surface area contributed by atoms with Crippen molar-refractivity contribution in [1.82, 2.24) is 0 Å². The number of benzene rings is 1. The minimum atomic E-state index is -2.54. The van der Waals surface area contributed by atoms with Crippen molar-refractivity contribution in [1.29, 1.82) is 4.78 Å². The monoisotopic (exact) mass is 233 g/mol. The molecule has 0 spiro atoms. The zero-order valence-corrected chi connectivity index (χ0v) is 8.41. The molecule has 0 heterocycles. The van der Waals surface area contributed by atoms with E-state index in [1.807, 2.05) is 0 Å². The molecule has 0 unspecified atom stereocenters. The van der Waals surface area contributed by atoms with Crippen molar-refractivity contribution in [3.8, 4) is 0 Å². The second kappa shape index (κ2) is 2.95. The van der Waals surface area contributed by atoms with Gasteiger partial charge in [-0.1, -0.05) is 15.9 Å². The van der Waals surface area contributed by atoms with Crippen LogP contribution in [-0.4, -0.2) is 10.5 Å². The van der Waals surface area contributed by atoms with Gasteiger partial charge in [0.1, 0.15) is 0 Å². The van der Waals surface area contributed by atoms with Gasteiger partial charge < -0.3 is 0 Å². The zero-order chi connectivity index (χ0) is 8.48. The zero-order valence-electron chi connectivity index (χ0n) is 6.00. The molecule has 1 aromatic rings. The van der Waals surface area contributed by atoms with E-state index in [1.165, 1.54) is 6.26 Å². The highest BCUT2D eigenvalue weighted by Gasteiger charge is 2.00. The van der Waals surface area contributed by atoms with Crippen LogP contribution in [0.3, 0.4) is 0 Å². The predicted molar refractivity (Wildman–Crippen MR) is 49.2 cm³/mol. The van der Waals surface area contributed by atoms with Crippen molar-refractivity contribution < 1.29 is 4.21 Å². The highest BCUT2D eigenvalue weighted by atomic mass is 79.9. The molecule has 60 valence electrons. The van der Waals surface area contributed by atoms with Gasteiger partial charge in [0.15, 0.2) is 0 Å². The molecule has 0 aliphatic carbocycles. The third kappa shape index (κ3) is 2.31. The van der Waals surface area contributed by atoms with E-state index < -0.39 is 9.73 Å². The molecule has 2 nitrogen and oxygen atoms in total. The lowest BCUT2D eigenvalue weighted by atomic mass is 10.4. The van der Waals surface area contributed by atoms with E-state index >= 15 is 0 Å². The molecule has 11 heavy (non-hydrogen) atoms. The molecular weight excluding hydrogens is 226 g/mol. The van der Waals surface area contributed by atoms with Gasteiger partial charge in [0, 0.05) is 15.6 Å². The summed E-state index contributed by atoms with van der Waals surface area (Å²) in [6.07, 6.45) is 1.41. The third-order valence-electron chi connectivity index (χ3n) is 1.26. The van der Waals surface area contributed by atoms with Gasteiger partial charge in [-0.15, -0.1) is 0 Å². The molecular formula is C7H8BrNOS. The van der Waals surface area contributed by atoms with E-state index in [-0.39, 0.29) is 0 Å². The maximum atomic E-state index is 11.2. The van der Waals surface area contributed by atoms with Gasteiger partial charge >= 0.3 is 0 Å². The molecule has 0 aliphatic heterocycles. The van der Waals surface area contributed by atoms with Crippen molar-refractivity contribution in [2.75, 3.05) is 6.26 Å². The first kappa shape index (κ1) is 8.74. The largest absolute Gasteiger partial charge is 0.249 e. The summed E-state index contributed by atoms with van der Waals surface area (Å²) in [5.74, 6) is 0. The quantitative estimate of drug-likeness (QED) is 0.796. The van der Waals surface area contributed by atoms with Crippen LogP contribution in [0.1, 0.15) is 0 Å². The Hall–Kier alpha value is -0.350. The first-order valence-electron chi connectivity index (χ1n) is 2.99. The van der Waals surface area contributed by atoms with Crippen molar-refractivity contribution in [3.05, 3.63) is 28.7 Å². The molecule has 1 N–H and O–H groups in total. The van der Waals surface area contributed by atoms with Gasteiger partial charge in [0.2, 0.25) is 0 Å². The summed E-state index contributed by atoms with van der Waals surface area (Å²) in [5.41, 5.74) is 0. The molecule has 0 saturated heterocycles. The minimum Gasteiger partial charge on any atom is -0.249 e. The van der Waals surface area contributed by atoms with E-state index in [0.717, 1.165) is 4.47 Å². The molecule has 1 atom stereocenters. The lowest BCUT2D eigenvalue weighted by Gasteiger charge is -1.99. The van der Waals surface area contributed by atoms with Crippen LogP contribution in [0.15, 0.2) is 33.6 Å². The maximum Gasteiger partial charge on any atom is 0.0696 e. The second-order valence-corrected chi connectivity index (χ2v) is 5.37. The van der Waals surface area contributed by atoms with Crippen molar-refractivity contribution in [2.24, 2.45) is 0 Å². The van der Waals surface area contributed by atoms with Crippen LogP contribution in [-0.2, 0) is 9.73 Å². The second-order valence-electron chi connectivity index (χ2n) is 2.30. The van der Waals surface area contributed by atoms with Gasteiger partial charge in [-0.3, -0.25) is 0 Å². The lowest BCUT2D eigenvalue weighted by Crippen LogP contribution is -1.93. The summed E-state index contributed by atoms with van der Waals surface area (Å²) in [6, 6.07) is 6.96. The van der Waals surface area contributed by atoms with Gasteiger partial charge in [-0.25, -0.2) is 8.99 Å². The summed E-state index contributed by atoms with van der Waals surface area (Å²) in [4.78, 5) is 0.570. The van der Waals surface area contributed by atoms with Crippen LogP contribution < -0.4 is 0 Å². The summed E-state index contributed by atoms with van der Waals surface area (Å²) in [5, 5.41) is 0. The van der Waals surface area contributed by atoms with Gasteiger partial charge in [-0.05, 0) is 24.3 Å². The lowest BCUT2D eigenvalue weighted by molar-refractivity contribution is 0.679. The van der Waals surface area contributed by atoms with Crippen LogP contribution in [0.5, 0.6) is 0 Å². The molecule has 1 aromatic carbocycles. The van der Waals surface area contributed by atoms with Gasteiger partial charge in [0.05, 0.1) is 9.73 Å². The highest BCUT2D eigenvalue weighted by Crippen LogP contribution is 2.14. The Morgan fingerprint density at radius 3 is 2.18 bits per heavy atom. The van der Waals surface area contributed by atoms with Crippen LogP contribution in [0.2, 0.25) is 0 Å². The van der Waals surface area contributed by atoms with E-state index in [9.17, 15) is 4.21 Å². The number of rotatable bonds is 1. The topological polar surface area (TPSA) is 40.9 Å². The van der Waals surface area contributed by atoms with E-state index in [1.54, 1.807) is 24.3 Å². The normalized spacial score (nSPS) is 15.8. The summed E-state index contributed by atoms with van der Waals surface area (Å²) in [6.45, 7) is 0. The Bertz CT molecular complexity index is 341. The minimum absolute atomic E-state index is 0.570. The number of nitrogens with one attached hydrogen (secondary N) is 1. The first-order valence-corrected chi connectivity index (χ1v) is 5.75. The fraction of sp³-hybridized carbons (Fsp3) is 0.143. The highest BCUT2D eigenvalue weighted by molar-refractivity contribution is 9.10. The van der Waals surface area contributed by atoms with E-state index in [0.29, 0.717) is 4.90 Å². The molecule has 0 saturated carbocycles. The molecule has 0 fully saturated rings. The average molecular weight is 234 g/mol. The average Bonchev–Trinajstić information content (AvgIpc) is 1.86. The van der Waals surface area contributed by atoms with Crippen LogP contribution in [0.25, 0.3) is 0 Å². The Kier molecular flexibility index (Phi) is 2.34. The fourth-order valence-corrected chi connectivity index (χ4v) is 1.61. The molecule has 0 radical (unpaired) electrons. The third-order valence-corrected chi connectivity index (χ3v) is 2.96. The molecule has 0 aromatic heterocycles. The fourth-order valence-electron chi connectivity index (χ4n) is 0.694.